The minimum atomic E-state index is -2.75. The molecule has 10 N–H and O–H groups in total. The third-order valence-corrected chi connectivity index (χ3v) is 20.7. The van der Waals surface area contributed by atoms with E-state index in [0.717, 1.165) is 44.9 Å². The van der Waals surface area contributed by atoms with Crippen molar-refractivity contribution in [2.24, 2.45) is 0 Å². The Balaban J connectivity index is 0.000000119. The first-order valence-corrected chi connectivity index (χ1v) is 40.0. The molecule has 5 aromatic carbocycles. The van der Waals surface area contributed by atoms with Crippen molar-refractivity contribution in [3.8, 4) is 112 Å². The minimum absolute atomic E-state index is 0.0527. The standard InChI is InChI=1S/C18H14ClFN6.C18H15ClN6.C18H13F3N6.2C18H14F2N6/c1-10-6-12(7-14(8-20)23-10)15-16(11-2-4-13(19)5-3-11)24-18(21)26-9-22-25-17(15)26;1-10-7-13(8-11(2)22-10)15-16(12-3-5-14(19)6-4-12)23-18(20)25-9-21-24-17(15)25;1-9-6-10(7-13(24-9)16(20)21)14-15(11-4-2-3-5-12(11)19)25-18(22)27-8-23-26-17(14)27;1-10-6-12(7-14(8-19)23-10)15-16(11-2-4-13(20)5-3-11)24-18(21)26-9-22-25-17(15)26;1-10-6-11(7-12(8-19)23-10)15-16(13-4-2-3-5-14(13)20)24-18(21)26-9-22-25-17(15)26/h2-7,9H,8H2,1H3,(H2,21,24);3-9H,1-2H3,(H2,20,23);2-8,16H,1H3,(H2,22,25);2*2-7,9H,8H2,1H3,(H2,21,24). The Labute approximate surface area is 741 Å². The van der Waals surface area contributed by atoms with Crippen molar-refractivity contribution in [2.45, 2.75) is 68.0 Å². The quantitative estimate of drug-likeness (QED) is 0.0631. The molecule has 130 heavy (non-hydrogen) atoms. The zero-order valence-electron chi connectivity index (χ0n) is 69.3. The maximum atomic E-state index is 14.5. The van der Waals surface area contributed by atoms with Gasteiger partial charge in [0.15, 0.2) is 28.2 Å². The summed E-state index contributed by atoms with van der Waals surface area (Å²) < 4.78 is 116. The summed E-state index contributed by atoms with van der Waals surface area (Å²) in [5.74, 6) is -0.349. The lowest BCUT2D eigenvalue weighted by atomic mass is 9.99. The molecular weight excluding hydrogens is 1720 g/mol. The van der Waals surface area contributed by atoms with Gasteiger partial charge in [-0.05, 0) is 203 Å². The van der Waals surface area contributed by atoms with Crippen molar-refractivity contribution in [2.75, 3.05) is 28.7 Å². The van der Waals surface area contributed by atoms with Crippen molar-refractivity contribution in [3.05, 3.63) is 298 Å². The highest BCUT2D eigenvalue weighted by Crippen LogP contribution is 2.43. The number of rotatable bonds is 14. The van der Waals surface area contributed by atoms with Crippen LogP contribution in [0.1, 0.15) is 63.4 Å². The molecule has 0 radical (unpaired) electrons. The number of nitrogen functional groups attached to an aromatic ring is 5. The number of anilines is 5. The summed E-state index contributed by atoms with van der Waals surface area (Å²) in [4.78, 5) is 43.1. The molecule has 0 unspecified atom stereocenters. The first-order chi connectivity index (χ1) is 62.7. The first-order valence-electron chi connectivity index (χ1n) is 39.3. The Morgan fingerprint density at radius 3 is 0.838 bits per heavy atom. The lowest BCUT2D eigenvalue weighted by Crippen LogP contribution is -2.05. The molecule has 0 saturated carbocycles. The lowest BCUT2D eigenvalue weighted by Gasteiger charge is -2.14. The maximum absolute atomic E-state index is 14.5. The maximum Gasteiger partial charge on any atom is 0.280 e. The van der Waals surface area contributed by atoms with Crippen LogP contribution in [-0.4, -0.2) is 123 Å². The van der Waals surface area contributed by atoms with Crippen LogP contribution >= 0.6 is 23.2 Å². The smallest absolute Gasteiger partial charge is 0.280 e. The fourth-order valence-electron chi connectivity index (χ4n) is 14.8. The number of nitrogens with zero attached hydrogens (tertiary/aromatic N) is 25. The minimum Gasteiger partial charge on any atom is -0.369 e. The predicted octanol–water partition coefficient (Wildman–Crippen LogP) is 18.1. The number of halogens is 10. The van der Waals surface area contributed by atoms with E-state index in [4.69, 9.17) is 51.9 Å². The second-order valence-corrected chi connectivity index (χ2v) is 30.2. The predicted molar refractivity (Wildman–Crippen MR) is 477 cm³/mol. The van der Waals surface area contributed by atoms with Gasteiger partial charge >= 0.3 is 0 Å². The SMILES string of the molecule is Cc1cc(-c2c(-c3ccc(Cl)cc3)nc(N)n3cnnc23)cc(C)n1.Cc1cc(-c2c(-c3ccc(Cl)cc3)nc(N)n3cnnc23)cc(CF)n1.Cc1cc(-c2c(-c3ccc(F)cc3)nc(N)n3cnnc23)cc(CF)n1.Cc1cc(-c2c(-c3ccccc3F)nc(N)n3cnnc23)cc(C(F)F)n1.Cc1cc(-c2c(-c3ccccc3F)nc(N)n3cnnc23)cc(CF)n1. The van der Waals surface area contributed by atoms with Crippen LogP contribution in [0.4, 0.5) is 64.9 Å². The highest BCUT2D eigenvalue weighted by molar-refractivity contribution is 6.31. The summed E-state index contributed by atoms with van der Waals surface area (Å²) in [6.45, 7) is 8.83. The molecule has 650 valence electrons. The number of aryl methyl sites for hydroxylation is 6. The number of hydrogen-bond donors (Lipinski definition) is 5. The number of benzene rings is 5. The van der Waals surface area contributed by atoms with E-state index in [1.807, 2.05) is 81.4 Å². The second kappa shape index (κ2) is 37.0. The van der Waals surface area contributed by atoms with E-state index in [-0.39, 0.29) is 63.5 Å². The van der Waals surface area contributed by atoms with Crippen LogP contribution in [0, 0.1) is 59.0 Å². The van der Waals surface area contributed by atoms with Crippen molar-refractivity contribution in [1.82, 2.24) is 123 Å². The summed E-state index contributed by atoms with van der Waals surface area (Å²) in [5.41, 5.74) is 49.0. The molecule has 40 heteroatoms. The molecule has 0 aliphatic rings. The Kier molecular flexibility index (Phi) is 24.8. The highest BCUT2D eigenvalue weighted by atomic mass is 35.5. The van der Waals surface area contributed by atoms with Crippen LogP contribution in [0.2, 0.25) is 10.0 Å². The normalized spacial score (nSPS) is 11.2. The van der Waals surface area contributed by atoms with E-state index in [1.165, 1.54) is 70.5 Å². The molecule has 0 spiro atoms. The van der Waals surface area contributed by atoms with Gasteiger partial charge in [-0.3, -0.25) is 46.9 Å². The van der Waals surface area contributed by atoms with E-state index in [1.54, 1.807) is 125 Å². The lowest BCUT2D eigenvalue weighted by molar-refractivity contribution is 0.146. The molecule has 0 amide bonds. The molecule has 30 nitrogen and oxygen atoms in total. The van der Waals surface area contributed by atoms with Crippen molar-refractivity contribution >= 4 is 81.2 Å². The summed E-state index contributed by atoms with van der Waals surface area (Å²) in [6.07, 6.45) is 4.55. The van der Waals surface area contributed by atoms with Gasteiger partial charge in [-0.1, -0.05) is 71.7 Å². The third kappa shape index (κ3) is 18.0. The number of nitrogens with two attached hydrogens (primary N) is 5. The van der Waals surface area contributed by atoms with Gasteiger partial charge < -0.3 is 28.7 Å². The summed E-state index contributed by atoms with van der Waals surface area (Å²) in [6, 6.07) is 50.2. The first kappa shape index (κ1) is 87.1. The number of pyridine rings is 5. The number of fused-ring (bicyclic) bond motifs is 5. The number of alkyl halides is 5. The van der Waals surface area contributed by atoms with Crippen molar-refractivity contribution in [1.29, 1.82) is 0 Å². The largest absolute Gasteiger partial charge is 0.369 e. The van der Waals surface area contributed by atoms with Crippen LogP contribution in [0.25, 0.3) is 140 Å². The summed E-state index contributed by atoms with van der Waals surface area (Å²) in [5, 5.41) is 41.6. The van der Waals surface area contributed by atoms with Crippen molar-refractivity contribution in [3.63, 3.8) is 0 Å². The van der Waals surface area contributed by atoms with E-state index in [9.17, 15) is 35.1 Å². The van der Waals surface area contributed by atoms with Crippen LogP contribution in [0.5, 0.6) is 0 Å². The second-order valence-electron chi connectivity index (χ2n) is 29.3. The molecule has 0 aliphatic heterocycles. The van der Waals surface area contributed by atoms with Crippen LogP contribution in [0.3, 0.4) is 0 Å². The van der Waals surface area contributed by atoms with Crippen molar-refractivity contribution < 1.29 is 35.1 Å². The molecule has 20 rings (SSSR count). The summed E-state index contributed by atoms with van der Waals surface area (Å²) in [7, 11) is 0. The van der Waals surface area contributed by atoms with Gasteiger partial charge in [-0.25, -0.2) is 60.0 Å². The third-order valence-electron chi connectivity index (χ3n) is 20.2. The summed E-state index contributed by atoms with van der Waals surface area (Å²) >= 11 is 12.0. The van der Waals surface area contributed by atoms with Gasteiger partial charge in [0.05, 0.1) is 73.4 Å². The molecule has 20 aromatic rings. The van der Waals surface area contributed by atoms with Gasteiger partial charge in [0.2, 0.25) is 29.7 Å². The number of hydrogen-bond acceptors (Lipinski definition) is 25. The van der Waals surface area contributed by atoms with Gasteiger partial charge in [0.1, 0.15) is 74.8 Å². The molecule has 0 bridgehead atoms. The molecule has 0 fully saturated rings. The van der Waals surface area contributed by atoms with Crippen LogP contribution in [-0.2, 0) is 20.0 Å². The van der Waals surface area contributed by atoms with E-state index >= 15 is 0 Å². The fourth-order valence-corrected chi connectivity index (χ4v) is 15.0. The van der Waals surface area contributed by atoms with Gasteiger partial charge in [-0.15, -0.1) is 51.0 Å². The molecule has 0 saturated heterocycles. The monoisotopic (exact) mass is 1790 g/mol. The van der Waals surface area contributed by atoms with E-state index in [2.05, 4.69) is 101 Å². The Hall–Kier alpha value is -16.4. The molecule has 0 atom stereocenters. The molecule has 0 aliphatic carbocycles. The fraction of sp³-hybridized carbons (Fsp3) is 0.111. The topological polar surface area (TPSA) is 410 Å². The van der Waals surface area contributed by atoms with Gasteiger partial charge in [0.25, 0.3) is 6.43 Å². The van der Waals surface area contributed by atoms with Crippen LogP contribution < -0.4 is 28.7 Å². The van der Waals surface area contributed by atoms with E-state index < -0.39 is 38.1 Å². The highest BCUT2D eigenvalue weighted by Gasteiger charge is 2.28. The Morgan fingerprint density at radius 2 is 0.546 bits per heavy atom. The van der Waals surface area contributed by atoms with Gasteiger partial charge in [0, 0.05) is 72.0 Å². The Bertz CT molecular complexity index is 7460. The molecule has 15 aromatic heterocycles. The molecular formula is C90H70Cl2F8N30. The average molecular weight is 1790 g/mol. The van der Waals surface area contributed by atoms with Gasteiger partial charge in [-0.2, -0.15) is 0 Å². The molecule has 15 heterocycles. The van der Waals surface area contributed by atoms with Crippen LogP contribution in [0.15, 0.2) is 214 Å². The Morgan fingerprint density at radius 1 is 0.292 bits per heavy atom. The number of aromatic nitrogens is 25. The van der Waals surface area contributed by atoms with E-state index in [0.29, 0.717) is 134 Å². The zero-order chi connectivity index (χ0) is 91.5. The zero-order valence-corrected chi connectivity index (χ0v) is 70.8. The average Bonchev–Trinajstić information content (AvgIpc) is 1.46.